The van der Waals surface area contributed by atoms with E-state index in [4.69, 9.17) is 19.9 Å². The fraction of sp³-hybridized carbons (Fsp3) is 0.714. The van der Waals surface area contributed by atoms with Crippen molar-refractivity contribution in [2.45, 2.75) is 32.3 Å². The molecule has 8 heteroatoms. The quantitative estimate of drug-likeness (QED) is 0.677. The van der Waals surface area contributed by atoms with Crippen LogP contribution in [0.5, 0.6) is 0 Å². The number of aromatic amines is 1. The number of nitrogens with zero attached hydrogens (tertiary/aromatic N) is 1. The molecule has 0 aromatic carbocycles. The summed E-state index contributed by atoms with van der Waals surface area (Å²) in [4.78, 5) is 25.9. The standard InChI is InChI=1S/C14H23N3O5/c1-8-7-17(14(19)16-12(8)18)13-11(21-5-4-20-3)9(2)10(6-15)22-13/h7,9-11,13H,4-6,15H2,1-3H3,(H,16,18,19)/t9-,10-,11-,13-/m1/s1. The van der Waals surface area contributed by atoms with Crippen LogP contribution in [-0.4, -0.2) is 48.6 Å². The second kappa shape index (κ2) is 7.19. The van der Waals surface area contributed by atoms with Gasteiger partial charge in [-0.1, -0.05) is 6.92 Å². The van der Waals surface area contributed by atoms with Gasteiger partial charge in [0.1, 0.15) is 6.10 Å². The second-order valence-electron chi connectivity index (χ2n) is 5.47. The van der Waals surface area contributed by atoms with Crippen molar-refractivity contribution in [3.63, 3.8) is 0 Å². The maximum absolute atomic E-state index is 12.1. The summed E-state index contributed by atoms with van der Waals surface area (Å²) in [6, 6.07) is 0. The van der Waals surface area contributed by atoms with Crippen molar-refractivity contribution in [1.82, 2.24) is 9.55 Å². The minimum absolute atomic E-state index is 0.0194. The van der Waals surface area contributed by atoms with Crippen molar-refractivity contribution >= 4 is 0 Å². The van der Waals surface area contributed by atoms with E-state index in [1.165, 1.54) is 10.8 Å². The summed E-state index contributed by atoms with van der Waals surface area (Å²) < 4.78 is 18.0. The van der Waals surface area contributed by atoms with E-state index in [9.17, 15) is 9.59 Å². The zero-order valence-electron chi connectivity index (χ0n) is 13.1. The molecular formula is C14H23N3O5. The van der Waals surface area contributed by atoms with Gasteiger partial charge >= 0.3 is 5.69 Å². The van der Waals surface area contributed by atoms with E-state index < -0.39 is 17.5 Å². The maximum Gasteiger partial charge on any atom is 0.330 e. The summed E-state index contributed by atoms with van der Waals surface area (Å²) in [7, 11) is 1.59. The van der Waals surface area contributed by atoms with Crippen molar-refractivity contribution in [1.29, 1.82) is 0 Å². The highest BCUT2D eigenvalue weighted by Crippen LogP contribution is 2.34. The average molecular weight is 313 g/mol. The molecule has 1 aromatic rings. The van der Waals surface area contributed by atoms with E-state index in [-0.39, 0.29) is 18.1 Å². The number of ether oxygens (including phenoxy) is 3. The third-order valence-electron chi connectivity index (χ3n) is 3.95. The van der Waals surface area contributed by atoms with Crippen LogP contribution in [0.2, 0.25) is 0 Å². The highest BCUT2D eigenvalue weighted by Gasteiger charge is 2.43. The molecule has 2 rings (SSSR count). The number of aryl methyl sites for hydroxylation is 1. The highest BCUT2D eigenvalue weighted by molar-refractivity contribution is 5.03. The van der Waals surface area contributed by atoms with Gasteiger partial charge in [-0.2, -0.15) is 0 Å². The monoisotopic (exact) mass is 313 g/mol. The first-order valence-corrected chi connectivity index (χ1v) is 7.27. The Morgan fingerprint density at radius 3 is 2.77 bits per heavy atom. The lowest BCUT2D eigenvalue weighted by molar-refractivity contribution is -0.0732. The van der Waals surface area contributed by atoms with Gasteiger partial charge in [-0.15, -0.1) is 0 Å². The molecule has 22 heavy (non-hydrogen) atoms. The Balaban J connectivity index is 2.31. The average Bonchev–Trinajstić information content (AvgIpc) is 2.80. The van der Waals surface area contributed by atoms with Crippen LogP contribution in [0.15, 0.2) is 15.8 Å². The van der Waals surface area contributed by atoms with Gasteiger partial charge in [0.25, 0.3) is 5.56 Å². The van der Waals surface area contributed by atoms with E-state index in [1.54, 1.807) is 14.0 Å². The molecule has 0 saturated carbocycles. The molecule has 1 fully saturated rings. The summed E-state index contributed by atoms with van der Waals surface area (Å²) in [6.45, 7) is 4.77. The predicted octanol–water partition coefficient (Wildman–Crippen LogP) is -0.631. The van der Waals surface area contributed by atoms with E-state index in [1.807, 2.05) is 6.92 Å². The lowest BCUT2D eigenvalue weighted by Gasteiger charge is -2.23. The smallest absolute Gasteiger partial charge is 0.330 e. The highest BCUT2D eigenvalue weighted by atomic mass is 16.6. The van der Waals surface area contributed by atoms with Crippen LogP contribution in [0.1, 0.15) is 18.7 Å². The fourth-order valence-electron chi connectivity index (χ4n) is 2.62. The topological polar surface area (TPSA) is 109 Å². The number of rotatable bonds is 6. The van der Waals surface area contributed by atoms with Crippen LogP contribution >= 0.6 is 0 Å². The Hall–Kier alpha value is -1.48. The van der Waals surface area contributed by atoms with Gasteiger partial charge < -0.3 is 19.9 Å². The van der Waals surface area contributed by atoms with Crippen LogP contribution < -0.4 is 17.0 Å². The first kappa shape index (κ1) is 16.9. The Kier molecular flexibility index (Phi) is 5.52. The molecule has 4 atom stereocenters. The second-order valence-corrected chi connectivity index (χ2v) is 5.47. The van der Waals surface area contributed by atoms with Crippen molar-refractivity contribution < 1.29 is 14.2 Å². The van der Waals surface area contributed by atoms with Crippen LogP contribution in [0, 0.1) is 12.8 Å². The van der Waals surface area contributed by atoms with Crippen LogP contribution in [0.25, 0.3) is 0 Å². The Labute approximate surface area is 128 Å². The van der Waals surface area contributed by atoms with E-state index in [2.05, 4.69) is 4.98 Å². The molecule has 3 N–H and O–H groups in total. The fourth-order valence-corrected chi connectivity index (χ4v) is 2.62. The first-order chi connectivity index (χ1) is 10.5. The molecule has 1 aliphatic rings. The molecule has 0 amide bonds. The van der Waals surface area contributed by atoms with Crippen molar-refractivity contribution in [3.05, 3.63) is 32.6 Å². The zero-order chi connectivity index (χ0) is 16.3. The minimum atomic E-state index is -0.622. The van der Waals surface area contributed by atoms with Crippen molar-refractivity contribution in [3.8, 4) is 0 Å². The number of nitrogens with two attached hydrogens (primary N) is 1. The predicted molar refractivity (Wildman–Crippen MR) is 79.8 cm³/mol. The Morgan fingerprint density at radius 1 is 1.41 bits per heavy atom. The van der Waals surface area contributed by atoms with Crippen LogP contribution in [-0.2, 0) is 14.2 Å². The van der Waals surface area contributed by atoms with E-state index in [0.717, 1.165) is 0 Å². The molecule has 1 aliphatic heterocycles. The SMILES string of the molecule is COCCO[C@@H]1[C@H](C)[C@@H](CN)O[C@H]1n1cc(C)c(=O)[nH]c1=O. The zero-order valence-corrected chi connectivity index (χ0v) is 13.1. The van der Waals surface area contributed by atoms with Crippen LogP contribution in [0.4, 0.5) is 0 Å². The van der Waals surface area contributed by atoms with Gasteiger partial charge in [0, 0.05) is 31.3 Å². The summed E-state index contributed by atoms with van der Waals surface area (Å²) in [5, 5.41) is 0. The lowest BCUT2D eigenvalue weighted by Crippen LogP contribution is -2.38. The third-order valence-corrected chi connectivity index (χ3v) is 3.95. The van der Waals surface area contributed by atoms with E-state index in [0.29, 0.717) is 25.3 Å². The molecular weight excluding hydrogens is 290 g/mol. The van der Waals surface area contributed by atoms with Gasteiger partial charge in [0.2, 0.25) is 0 Å². The van der Waals surface area contributed by atoms with Gasteiger partial charge in [-0.05, 0) is 6.92 Å². The lowest BCUT2D eigenvalue weighted by atomic mass is 10.0. The van der Waals surface area contributed by atoms with Crippen molar-refractivity contribution in [2.24, 2.45) is 11.7 Å². The van der Waals surface area contributed by atoms with Gasteiger partial charge in [0.15, 0.2) is 6.23 Å². The summed E-state index contributed by atoms with van der Waals surface area (Å²) in [5.74, 6) is 0.0194. The number of aromatic nitrogens is 2. The number of H-pyrrole nitrogens is 1. The van der Waals surface area contributed by atoms with Crippen LogP contribution in [0.3, 0.4) is 0 Å². The van der Waals surface area contributed by atoms with Gasteiger partial charge in [-0.25, -0.2) is 4.79 Å². The molecule has 0 bridgehead atoms. The first-order valence-electron chi connectivity index (χ1n) is 7.27. The Bertz CT molecular complexity index is 611. The summed E-state index contributed by atoms with van der Waals surface area (Å²) in [6.07, 6.45) is 0.316. The largest absolute Gasteiger partial charge is 0.382 e. The minimum Gasteiger partial charge on any atom is -0.382 e. The van der Waals surface area contributed by atoms with Gasteiger partial charge in [0.05, 0.1) is 19.3 Å². The molecule has 1 saturated heterocycles. The summed E-state index contributed by atoms with van der Waals surface area (Å²) >= 11 is 0. The number of hydrogen-bond acceptors (Lipinski definition) is 6. The molecule has 8 nitrogen and oxygen atoms in total. The molecule has 0 spiro atoms. The molecule has 1 aromatic heterocycles. The third kappa shape index (κ3) is 3.30. The molecule has 0 radical (unpaired) electrons. The maximum atomic E-state index is 12.1. The van der Waals surface area contributed by atoms with Gasteiger partial charge in [-0.3, -0.25) is 14.3 Å². The molecule has 124 valence electrons. The molecule has 2 heterocycles. The number of hydrogen-bond donors (Lipinski definition) is 2. The molecule has 0 aliphatic carbocycles. The number of nitrogens with one attached hydrogen (secondary N) is 1. The number of methoxy groups -OCH3 is 1. The Morgan fingerprint density at radius 2 is 2.14 bits per heavy atom. The summed E-state index contributed by atoms with van der Waals surface area (Å²) in [5.41, 5.74) is 5.23. The molecule has 0 unspecified atom stereocenters. The van der Waals surface area contributed by atoms with Crippen molar-refractivity contribution in [2.75, 3.05) is 26.9 Å². The van der Waals surface area contributed by atoms with E-state index >= 15 is 0 Å². The normalized spacial score (nSPS) is 28.2.